The van der Waals surface area contributed by atoms with Crippen LogP contribution < -0.4 is 4.72 Å². The molecule has 2 aliphatic rings. The van der Waals surface area contributed by atoms with Crippen LogP contribution in [0.4, 0.5) is 0 Å². The highest BCUT2D eigenvalue weighted by atomic mass is 32.2. The first-order valence-electron chi connectivity index (χ1n) is 8.20. The van der Waals surface area contributed by atoms with Gasteiger partial charge in [-0.1, -0.05) is 13.0 Å². The van der Waals surface area contributed by atoms with Crippen LogP contribution in [0.15, 0.2) is 18.2 Å². The van der Waals surface area contributed by atoms with E-state index in [9.17, 15) is 13.5 Å². The molecule has 1 aliphatic carbocycles. The van der Waals surface area contributed by atoms with Crippen LogP contribution in [-0.2, 0) is 21.9 Å². The molecular weight excluding hydrogens is 312 g/mol. The first-order valence-corrected chi connectivity index (χ1v) is 10.1. The summed E-state index contributed by atoms with van der Waals surface area (Å²) in [7, 11) is -1.01. The Kier molecular flexibility index (Phi) is 4.19. The number of piperidine rings is 1. The zero-order valence-electron chi connectivity index (χ0n) is 14.0. The number of phenolic OH excluding ortho intramolecular Hbond substituents is 1. The van der Waals surface area contributed by atoms with Crippen LogP contribution in [0, 0.1) is 5.92 Å². The third-order valence-corrected chi connectivity index (χ3v) is 6.65. The summed E-state index contributed by atoms with van der Waals surface area (Å²) in [4.78, 5) is 2.42. The Morgan fingerprint density at radius 3 is 2.87 bits per heavy atom. The van der Waals surface area contributed by atoms with Gasteiger partial charge in [0.1, 0.15) is 5.75 Å². The van der Waals surface area contributed by atoms with Crippen LogP contribution in [0.25, 0.3) is 0 Å². The Balaban J connectivity index is 1.99. The molecule has 0 amide bonds. The van der Waals surface area contributed by atoms with Gasteiger partial charge in [-0.2, -0.15) is 0 Å². The highest BCUT2D eigenvalue weighted by Crippen LogP contribution is 2.51. The van der Waals surface area contributed by atoms with Crippen molar-refractivity contribution in [3.63, 3.8) is 0 Å². The second-order valence-corrected chi connectivity index (χ2v) is 9.04. The van der Waals surface area contributed by atoms with Gasteiger partial charge in [0.15, 0.2) is 0 Å². The zero-order chi connectivity index (χ0) is 16.8. The molecule has 0 radical (unpaired) electrons. The third kappa shape index (κ3) is 2.99. The molecule has 2 bridgehead atoms. The molecule has 3 atom stereocenters. The lowest BCUT2D eigenvalue weighted by atomic mass is 9.56. The van der Waals surface area contributed by atoms with Gasteiger partial charge in [-0.25, -0.2) is 13.1 Å². The van der Waals surface area contributed by atoms with Gasteiger partial charge < -0.3 is 10.0 Å². The average Bonchev–Trinajstić information content (AvgIpc) is 2.45. The number of likely N-dealkylation sites (tertiary alicyclic amines) is 1. The number of sulfonamides is 1. The normalized spacial score (nSPS) is 30.9. The highest BCUT2D eigenvalue weighted by Gasteiger charge is 2.50. The van der Waals surface area contributed by atoms with E-state index < -0.39 is 10.0 Å². The van der Waals surface area contributed by atoms with E-state index in [1.54, 1.807) is 6.07 Å². The van der Waals surface area contributed by atoms with Gasteiger partial charge in [0.05, 0.1) is 6.26 Å². The summed E-state index contributed by atoms with van der Waals surface area (Å²) < 4.78 is 25.5. The fourth-order valence-electron chi connectivity index (χ4n) is 4.61. The fourth-order valence-corrected chi connectivity index (χ4v) is 5.08. The zero-order valence-corrected chi connectivity index (χ0v) is 14.9. The molecule has 128 valence electrons. The van der Waals surface area contributed by atoms with Crippen molar-refractivity contribution in [1.82, 2.24) is 9.62 Å². The van der Waals surface area contributed by atoms with Crippen LogP contribution >= 0.6 is 0 Å². The maximum Gasteiger partial charge on any atom is 0.208 e. The van der Waals surface area contributed by atoms with Crippen molar-refractivity contribution >= 4 is 10.0 Å². The molecule has 1 unspecified atom stereocenters. The summed E-state index contributed by atoms with van der Waals surface area (Å²) in [5, 5.41) is 9.97. The standard InChI is InChI=1S/C17H26N2O3S/c1-12-16-10-13-4-5-14(20)11-15(13)17(12,7-9-19(16)2)6-8-18-23(3,21)22/h4-5,11-12,16,18,20H,6-10H2,1-3H3/t12-,16+,17?/m0/s1. The van der Waals surface area contributed by atoms with Crippen LogP contribution in [0.2, 0.25) is 0 Å². The van der Waals surface area contributed by atoms with Crippen LogP contribution in [-0.4, -0.2) is 50.9 Å². The molecule has 1 saturated heterocycles. The van der Waals surface area contributed by atoms with Gasteiger partial charge in [-0.3, -0.25) is 0 Å². The Morgan fingerprint density at radius 2 is 2.17 bits per heavy atom. The molecule has 1 heterocycles. The molecule has 0 spiro atoms. The molecule has 1 fully saturated rings. The van der Waals surface area contributed by atoms with Gasteiger partial charge in [0, 0.05) is 18.0 Å². The fraction of sp³-hybridized carbons (Fsp3) is 0.647. The van der Waals surface area contributed by atoms with E-state index >= 15 is 0 Å². The van der Waals surface area contributed by atoms with Crippen LogP contribution in [0.3, 0.4) is 0 Å². The van der Waals surface area contributed by atoms with E-state index in [-0.39, 0.29) is 5.41 Å². The summed E-state index contributed by atoms with van der Waals surface area (Å²) in [6, 6.07) is 6.15. The lowest BCUT2D eigenvalue weighted by Crippen LogP contribution is -2.58. The SMILES string of the molecule is C[C@H]1[C@H]2Cc3ccc(O)cc3C1(CCNS(C)(=O)=O)CCN2C. The van der Waals surface area contributed by atoms with Gasteiger partial charge in [-0.15, -0.1) is 0 Å². The Hall–Kier alpha value is -1.11. The molecule has 1 aromatic rings. The number of likely N-dealkylation sites (N-methyl/N-ethyl adjacent to an activating group) is 1. The van der Waals surface area contributed by atoms with Crippen molar-refractivity contribution in [3.05, 3.63) is 29.3 Å². The molecule has 5 nitrogen and oxygen atoms in total. The molecule has 0 saturated carbocycles. The van der Waals surface area contributed by atoms with E-state index in [0.29, 0.717) is 24.3 Å². The molecule has 2 N–H and O–H groups in total. The van der Waals surface area contributed by atoms with Crippen molar-refractivity contribution in [2.45, 2.75) is 37.6 Å². The lowest BCUT2D eigenvalue weighted by molar-refractivity contribution is 0.0367. The Labute approximate surface area is 138 Å². The maximum absolute atomic E-state index is 11.4. The monoisotopic (exact) mass is 338 g/mol. The number of hydrogen-bond acceptors (Lipinski definition) is 4. The minimum atomic E-state index is -3.18. The molecule has 6 heteroatoms. The number of fused-ring (bicyclic) bond motifs is 4. The number of benzene rings is 1. The van der Waals surface area contributed by atoms with E-state index in [0.717, 1.165) is 25.8 Å². The number of nitrogens with one attached hydrogen (secondary N) is 1. The largest absolute Gasteiger partial charge is 0.508 e. The molecule has 3 rings (SSSR count). The predicted molar refractivity (Wildman–Crippen MR) is 91.2 cm³/mol. The van der Waals surface area contributed by atoms with Crippen molar-refractivity contribution < 1.29 is 13.5 Å². The summed E-state index contributed by atoms with van der Waals surface area (Å²) in [5.41, 5.74) is 2.43. The number of phenols is 1. The van der Waals surface area contributed by atoms with Gasteiger partial charge in [0.25, 0.3) is 0 Å². The first kappa shape index (κ1) is 16.7. The number of rotatable bonds is 4. The quantitative estimate of drug-likeness (QED) is 0.872. The highest BCUT2D eigenvalue weighted by molar-refractivity contribution is 7.88. The van der Waals surface area contributed by atoms with E-state index in [4.69, 9.17) is 0 Å². The summed E-state index contributed by atoms with van der Waals surface area (Å²) in [5.74, 6) is 0.723. The Morgan fingerprint density at radius 1 is 1.43 bits per heavy atom. The predicted octanol–water partition coefficient (Wildman–Crippen LogP) is 1.47. The van der Waals surface area contributed by atoms with Gasteiger partial charge in [0.2, 0.25) is 10.0 Å². The average molecular weight is 338 g/mol. The molecule has 1 aliphatic heterocycles. The van der Waals surface area contributed by atoms with Crippen molar-refractivity contribution in [1.29, 1.82) is 0 Å². The van der Waals surface area contributed by atoms with Crippen molar-refractivity contribution in [2.75, 3.05) is 26.4 Å². The Bertz CT molecular complexity index is 704. The molecular formula is C17H26N2O3S. The van der Waals surface area contributed by atoms with Gasteiger partial charge >= 0.3 is 0 Å². The van der Waals surface area contributed by atoms with Crippen molar-refractivity contribution in [3.8, 4) is 5.75 Å². The molecule has 23 heavy (non-hydrogen) atoms. The topological polar surface area (TPSA) is 69.6 Å². The van der Waals surface area contributed by atoms with E-state index in [1.165, 1.54) is 17.4 Å². The van der Waals surface area contributed by atoms with Gasteiger partial charge in [-0.05, 0) is 62.0 Å². The minimum Gasteiger partial charge on any atom is -0.508 e. The third-order valence-electron chi connectivity index (χ3n) is 5.92. The number of aromatic hydroxyl groups is 1. The summed E-state index contributed by atoms with van der Waals surface area (Å²) in [6.45, 7) is 3.71. The van der Waals surface area contributed by atoms with Crippen LogP contribution in [0.5, 0.6) is 5.75 Å². The van der Waals surface area contributed by atoms with E-state index in [1.807, 2.05) is 12.1 Å². The minimum absolute atomic E-state index is 0.0683. The maximum atomic E-state index is 11.4. The van der Waals surface area contributed by atoms with Crippen molar-refractivity contribution in [2.24, 2.45) is 5.92 Å². The molecule has 1 aromatic carbocycles. The lowest BCUT2D eigenvalue weighted by Gasteiger charge is -2.55. The smallest absolute Gasteiger partial charge is 0.208 e. The molecule has 0 aromatic heterocycles. The second-order valence-electron chi connectivity index (χ2n) is 7.20. The number of nitrogens with zero attached hydrogens (tertiary/aromatic N) is 1. The summed E-state index contributed by atoms with van der Waals surface area (Å²) in [6.07, 6.45) is 3.95. The first-order chi connectivity index (χ1) is 10.7. The van der Waals surface area contributed by atoms with Crippen LogP contribution in [0.1, 0.15) is 30.9 Å². The summed E-state index contributed by atoms with van der Waals surface area (Å²) >= 11 is 0. The van der Waals surface area contributed by atoms with E-state index in [2.05, 4.69) is 23.6 Å². The second kappa shape index (κ2) is 5.76. The number of hydrogen-bond donors (Lipinski definition) is 2.